The van der Waals surface area contributed by atoms with Crippen molar-refractivity contribution in [1.82, 2.24) is 9.97 Å². The van der Waals surface area contributed by atoms with Crippen molar-refractivity contribution in [3.8, 4) is 0 Å². The first kappa shape index (κ1) is 15.4. The number of fused-ring (bicyclic) bond motifs is 1. The maximum Gasteiger partial charge on any atom is 0.323 e. The molecular formula is C14H8BrCl2IN2O. The third-order valence-electron chi connectivity index (χ3n) is 3.14. The maximum absolute atomic E-state index is 11.4. The quantitative estimate of drug-likeness (QED) is 0.371. The zero-order valence-electron chi connectivity index (χ0n) is 10.4. The summed E-state index contributed by atoms with van der Waals surface area (Å²) < 4.78 is 1.81. The van der Waals surface area contributed by atoms with Crippen LogP contribution >= 0.6 is 61.7 Å². The molecular weight excluding hydrogens is 490 g/mol. The van der Waals surface area contributed by atoms with E-state index >= 15 is 0 Å². The normalized spacial score (nSPS) is 12.8. The largest absolute Gasteiger partial charge is 0.323 e. The monoisotopic (exact) mass is 496 g/mol. The Kier molecular flexibility index (Phi) is 4.36. The summed E-state index contributed by atoms with van der Waals surface area (Å²) in [7, 11) is 0. The molecule has 1 heterocycles. The Morgan fingerprint density at radius 1 is 1.14 bits per heavy atom. The Labute approximate surface area is 152 Å². The number of hydrogen-bond donors (Lipinski definition) is 2. The van der Waals surface area contributed by atoms with Crippen molar-refractivity contribution in [3.05, 3.63) is 65.0 Å². The van der Waals surface area contributed by atoms with Crippen LogP contribution in [-0.4, -0.2) is 9.97 Å². The van der Waals surface area contributed by atoms with E-state index in [9.17, 15) is 4.79 Å². The van der Waals surface area contributed by atoms with Crippen LogP contribution in [0.1, 0.15) is 16.5 Å². The highest BCUT2D eigenvalue weighted by Crippen LogP contribution is 2.37. The topological polar surface area (TPSA) is 48.6 Å². The molecule has 0 aliphatic heterocycles. The second-order valence-electron chi connectivity index (χ2n) is 4.53. The first-order valence-electron chi connectivity index (χ1n) is 5.96. The van der Waals surface area contributed by atoms with Crippen LogP contribution in [0.3, 0.4) is 0 Å². The van der Waals surface area contributed by atoms with Crippen LogP contribution in [0.5, 0.6) is 0 Å². The molecule has 2 aromatic carbocycles. The molecule has 7 heteroatoms. The van der Waals surface area contributed by atoms with Crippen molar-refractivity contribution in [2.24, 2.45) is 0 Å². The minimum Gasteiger partial charge on any atom is -0.306 e. The number of hydrogen-bond acceptors (Lipinski definition) is 1. The molecule has 3 aromatic rings. The van der Waals surface area contributed by atoms with Crippen molar-refractivity contribution in [1.29, 1.82) is 0 Å². The molecule has 1 atom stereocenters. The third-order valence-corrected chi connectivity index (χ3v) is 5.89. The van der Waals surface area contributed by atoms with Gasteiger partial charge in [0.2, 0.25) is 0 Å². The van der Waals surface area contributed by atoms with Crippen molar-refractivity contribution in [2.45, 2.75) is 5.38 Å². The van der Waals surface area contributed by atoms with Crippen LogP contribution in [0.4, 0.5) is 0 Å². The number of halogens is 4. The van der Waals surface area contributed by atoms with Crippen molar-refractivity contribution >= 4 is 72.8 Å². The Hall–Kier alpha value is -0.500. The molecule has 3 nitrogen and oxygen atoms in total. The number of H-pyrrole nitrogens is 2. The predicted molar refractivity (Wildman–Crippen MR) is 98.5 cm³/mol. The van der Waals surface area contributed by atoms with Crippen LogP contribution in [0, 0.1) is 3.57 Å². The number of benzene rings is 2. The van der Waals surface area contributed by atoms with Crippen LogP contribution in [0.15, 0.2) is 39.6 Å². The predicted octanol–water partition coefficient (Wildman–Crippen LogP) is 5.20. The van der Waals surface area contributed by atoms with Gasteiger partial charge in [-0.25, -0.2) is 4.79 Å². The molecule has 0 radical (unpaired) electrons. The Bertz CT molecular complexity index is 890. The van der Waals surface area contributed by atoms with Crippen LogP contribution in [-0.2, 0) is 0 Å². The lowest BCUT2D eigenvalue weighted by Crippen LogP contribution is -1.99. The first-order chi connectivity index (χ1) is 9.95. The number of aromatic amines is 2. The molecule has 0 spiro atoms. The van der Waals surface area contributed by atoms with Gasteiger partial charge in [-0.3, -0.25) is 0 Å². The molecule has 0 saturated heterocycles. The van der Waals surface area contributed by atoms with E-state index in [0.29, 0.717) is 5.02 Å². The average molecular weight is 498 g/mol. The smallest absolute Gasteiger partial charge is 0.306 e. The molecule has 0 bridgehead atoms. The summed E-state index contributed by atoms with van der Waals surface area (Å²) in [6.45, 7) is 0. The van der Waals surface area contributed by atoms with E-state index < -0.39 is 0 Å². The van der Waals surface area contributed by atoms with E-state index in [-0.39, 0.29) is 11.1 Å². The summed E-state index contributed by atoms with van der Waals surface area (Å²) in [5.74, 6) is 0. The zero-order chi connectivity index (χ0) is 15.1. The Balaban J connectivity index is 2.11. The van der Waals surface area contributed by atoms with Crippen molar-refractivity contribution in [2.75, 3.05) is 0 Å². The second-order valence-corrected chi connectivity index (χ2v) is 7.39. The van der Waals surface area contributed by atoms with Gasteiger partial charge in [0.25, 0.3) is 0 Å². The minimum absolute atomic E-state index is 0.238. The van der Waals surface area contributed by atoms with E-state index in [0.717, 1.165) is 30.2 Å². The van der Waals surface area contributed by atoms with E-state index in [2.05, 4.69) is 48.5 Å². The van der Waals surface area contributed by atoms with Crippen LogP contribution < -0.4 is 5.69 Å². The molecule has 0 fully saturated rings. The highest BCUT2D eigenvalue weighted by atomic mass is 127. The van der Waals surface area contributed by atoms with Gasteiger partial charge in [-0.05, 0) is 58.0 Å². The lowest BCUT2D eigenvalue weighted by molar-refractivity contribution is 1.13. The van der Waals surface area contributed by atoms with Gasteiger partial charge in [-0.15, -0.1) is 11.6 Å². The van der Waals surface area contributed by atoms with E-state index in [1.165, 1.54) is 0 Å². The Morgan fingerprint density at radius 3 is 2.48 bits per heavy atom. The van der Waals surface area contributed by atoms with Gasteiger partial charge in [0.1, 0.15) is 0 Å². The van der Waals surface area contributed by atoms with Gasteiger partial charge < -0.3 is 9.97 Å². The number of aromatic nitrogens is 2. The summed E-state index contributed by atoms with van der Waals surface area (Å²) in [6, 6.07) is 9.44. The highest BCUT2D eigenvalue weighted by Gasteiger charge is 2.17. The summed E-state index contributed by atoms with van der Waals surface area (Å²) >= 11 is 18.4. The fraction of sp³-hybridized carbons (Fsp3) is 0.0714. The van der Waals surface area contributed by atoms with Crippen LogP contribution in [0.25, 0.3) is 11.0 Å². The summed E-state index contributed by atoms with van der Waals surface area (Å²) in [5.41, 5.74) is 3.00. The zero-order valence-corrected chi connectivity index (χ0v) is 15.6. The summed E-state index contributed by atoms with van der Waals surface area (Å²) in [6.07, 6.45) is 0. The second kappa shape index (κ2) is 5.95. The van der Waals surface area contributed by atoms with Gasteiger partial charge >= 0.3 is 5.69 Å². The standard InChI is InChI=1S/C14H8BrCl2IN2O/c15-8-5-12-11(19-14(21)20-12)4-7(8)13(17)6-1-2-10(18)9(16)3-6/h1-5,13H,(H2,19,20,21). The average Bonchev–Trinajstić information content (AvgIpc) is 2.79. The fourth-order valence-electron chi connectivity index (χ4n) is 2.12. The number of rotatable bonds is 2. The molecule has 1 aromatic heterocycles. The SMILES string of the molecule is O=c1[nH]c2cc(Br)c(C(Cl)c3ccc(I)c(Cl)c3)cc2[nH]1. The van der Waals surface area contributed by atoms with E-state index in [4.69, 9.17) is 23.2 Å². The molecule has 21 heavy (non-hydrogen) atoms. The van der Waals surface area contributed by atoms with Gasteiger partial charge in [0, 0.05) is 8.04 Å². The van der Waals surface area contributed by atoms with Gasteiger partial charge in [-0.2, -0.15) is 0 Å². The molecule has 0 amide bonds. The number of imidazole rings is 1. The highest BCUT2D eigenvalue weighted by molar-refractivity contribution is 14.1. The van der Waals surface area contributed by atoms with Gasteiger partial charge in [0.05, 0.1) is 21.4 Å². The van der Waals surface area contributed by atoms with E-state index in [1.54, 1.807) is 0 Å². The maximum atomic E-state index is 11.4. The van der Waals surface area contributed by atoms with Gasteiger partial charge in [-0.1, -0.05) is 33.6 Å². The van der Waals surface area contributed by atoms with Crippen molar-refractivity contribution in [3.63, 3.8) is 0 Å². The van der Waals surface area contributed by atoms with Gasteiger partial charge in [0.15, 0.2) is 0 Å². The fourth-order valence-corrected chi connectivity index (χ4v) is 3.66. The third kappa shape index (κ3) is 3.02. The lowest BCUT2D eigenvalue weighted by atomic mass is 10.0. The summed E-state index contributed by atoms with van der Waals surface area (Å²) in [4.78, 5) is 16.8. The number of alkyl halides is 1. The molecule has 0 aliphatic carbocycles. The minimum atomic E-state index is -0.364. The van der Waals surface area contributed by atoms with Crippen LogP contribution in [0.2, 0.25) is 5.02 Å². The first-order valence-corrected chi connectivity index (χ1v) is 8.65. The summed E-state index contributed by atoms with van der Waals surface area (Å²) in [5, 5.41) is 0.308. The molecule has 108 valence electrons. The van der Waals surface area contributed by atoms with Crippen molar-refractivity contribution < 1.29 is 0 Å². The number of nitrogens with one attached hydrogen (secondary N) is 2. The molecule has 3 rings (SSSR count). The molecule has 0 saturated carbocycles. The molecule has 1 unspecified atom stereocenters. The molecule has 0 aliphatic rings. The van der Waals surface area contributed by atoms with E-state index in [1.807, 2.05) is 30.3 Å². The molecule has 2 N–H and O–H groups in total. The lowest BCUT2D eigenvalue weighted by Gasteiger charge is -2.13. The Morgan fingerprint density at radius 2 is 1.81 bits per heavy atom.